The first-order chi connectivity index (χ1) is 16.8. The van der Waals surface area contributed by atoms with E-state index in [2.05, 4.69) is 10.1 Å². The highest BCUT2D eigenvalue weighted by molar-refractivity contribution is 7.89. The lowest BCUT2D eigenvalue weighted by molar-refractivity contribution is -0.274. The lowest BCUT2D eigenvalue weighted by Gasteiger charge is -2.39. The summed E-state index contributed by atoms with van der Waals surface area (Å²) in [5, 5.41) is 11.9. The number of hydrogen-bond donors (Lipinski definition) is 2. The number of ether oxygens (including phenoxy) is 1. The number of hydrogen-bond acceptors (Lipinski definition) is 6. The topological polar surface area (TPSA) is 133 Å². The maximum atomic E-state index is 13.3. The smallest absolute Gasteiger partial charge is 0.481 e. The number of rotatable bonds is 7. The predicted octanol–water partition coefficient (Wildman–Crippen LogP) is 1.81. The van der Waals surface area contributed by atoms with Gasteiger partial charge in [-0.2, -0.15) is 4.31 Å². The van der Waals surface area contributed by atoms with Gasteiger partial charge in [0.2, 0.25) is 21.8 Å². The molecular formula is C22H28F3N3O7S. The number of carbonyl (C=O) groups is 3. The second-order valence-corrected chi connectivity index (χ2v) is 10.8. The van der Waals surface area contributed by atoms with Crippen molar-refractivity contribution in [3.63, 3.8) is 0 Å². The zero-order valence-electron chi connectivity index (χ0n) is 19.5. The van der Waals surface area contributed by atoms with Gasteiger partial charge in [-0.1, -0.05) is 0 Å². The first kappa shape index (κ1) is 27.7. The summed E-state index contributed by atoms with van der Waals surface area (Å²) in [5.41, 5.74) is 0. The first-order valence-electron chi connectivity index (χ1n) is 11.4. The van der Waals surface area contributed by atoms with Crippen LogP contribution in [0.3, 0.4) is 0 Å². The van der Waals surface area contributed by atoms with Crippen LogP contribution in [-0.2, 0) is 24.4 Å². The van der Waals surface area contributed by atoms with Crippen LogP contribution in [0.25, 0.3) is 0 Å². The van der Waals surface area contributed by atoms with Crippen LogP contribution >= 0.6 is 0 Å². The van der Waals surface area contributed by atoms with E-state index in [9.17, 15) is 36.0 Å². The molecule has 200 valence electrons. The Morgan fingerprint density at radius 1 is 1.08 bits per heavy atom. The van der Waals surface area contributed by atoms with Gasteiger partial charge in [0.15, 0.2) is 0 Å². The van der Waals surface area contributed by atoms with Gasteiger partial charge in [-0.25, -0.2) is 8.42 Å². The summed E-state index contributed by atoms with van der Waals surface area (Å²) in [6.45, 7) is 1.23. The molecule has 2 aliphatic rings. The molecule has 2 amide bonds. The van der Waals surface area contributed by atoms with Gasteiger partial charge in [0.25, 0.3) is 0 Å². The van der Waals surface area contributed by atoms with Gasteiger partial charge < -0.3 is 20.1 Å². The average molecular weight is 536 g/mol. The summed E-state index contributed by atoms with van der Waals surface area (Å²) in [6.07, 6.45) is -2.73. The molecular weight excluding hydrogens is 507 g/mol. The molecule has 1 saturated heterocycles. The van der Waals surface area contributed by atoms with Gasteiger partial charge in [-0.3, -0.25) is 14.4 Å². The molecule has 3 rings (SSSR count). The number of amides is 2. The number of carboxylic acids is 1. The molecule has 0 spiro atoms. The number of nitrogens with zero attached hydrogens (tertiary/aromatic N) is 2. The molecule has 1 aliphatic heterocycles. The van der Waals surface area contributed by atoms with Gasteiger partial charge in [0.05, 0.1) is 10.8 Å². The Labute approximate surface area is 206 Å². The molecule has 1 atom stereocenters. The molecule has 1 aromatic carbocycles. The van der Waals surface area contributed by atoms with Crippen molar-refractivity contribution in [2.75, 3.05) is 26.2 Å². The quantitative estimate of drug-likeness (QED) is 0.544. The van der Waals surface area contributed by atoms with Crippen molar-refractivity contribution in [3.05, 3.63) is 24.3 Å². The van der Waals surface area contributed by atoms with Crippen molar-refractivity contribution in [3.8, 4) is 5.75 Å². The van der Waals surface area contributed by atoms with Gasteiger partial charge in [-0.15, -0.1) is 13.2 Å². The van der Waals surface area contributed by atoms with Gasteiger partial charge in [0, 0.05) is 33.1 Å². The van der Waals surface area contributed by atoms with E-state index in [1.54, 1.807) is 0 Å². The lowest BCUT2D eigenvalue weighted by atomic mass is 9.82. The fourth-order valence-corrected chi connectivity index (χ4v) is 6.05. The summed E-state index contributed by atoms with van der Waals surface area (Å²) < 4.78 is 68.6. The van der Waals surface area contributed by atoms with E-state index in [0.717, 1.165) is 28.6 Å². The van der Waals surface area contributed by atoms with Gasteiger partial charge in [-0.05, 0) is 55.9 Å². The largest absolute Gasteiger partial charge is 0.573 e. The van der Waals surface area contributed by atoms with Crippen LogP contribution in [0, 0.1) is 11.8 Å². The van der Waals surface area contributed by atoms with Crippen LogP contribution in [0.2, 0.25) is 0 Å². The van der Waals surface area contributed by atoms with E-state index in [0.29, 0.717) is 25.7 Å². The highest BCUT2D eigenvalue weighted by Gasteiger charge is 2.41. The number of nitrogens with one attached hydrogen (secondary N) is 1. The van der Waals surface area contributed by atoms with E-state index in [4.69, 9.17) is 5.11 Å². The third-order valence-electron chi connectivity index (χ3n) is 6.50. The number of aliphatic carboxylic acids is 1. The van der Waals surface area contributed by atoms with Crippen molar-refractivity contribution in [2.24, 2.45) is 11.8 Å². The van der Waals surface area contributed by atoms with Crippen LogP contribution in [0.1, 0.15) is 32.6 Å². The molecule has 10 nitrogen and oxygen atoms in total. The van der Waals surface area contributed by atoms with E-state index in [-0.39, 0.29) is 42.9 Å². The van der Waals surface area contributed by atoms with E-state index in [1.807, 2.05) is 0 Å². The van der Waals surface area contributed by atoms with E-state index < -0.39 is 46.0 Å². The zero-order valence-corrected chi connectivity index (χ0v) is 20.3. The Hall–Kier alpha value is -2.87. The third-order valence-corrected chi connectivity index (χ3v) is 8.43. The SMILES string of the molecule is CC(=O)N1CCN(S(=O)(=O)c2ccc(OC(F)(F)F)cc2)[C@@H](C(=O)NC[C@H]2CC[C@H](C(=O)O)CC2)C1. The summed E-state index contributed by atoms with van der Waals surface area (Å²) in [6, 6.07) is 2.42. The number of alkyl halides is 3. The maximum Gasteiger partial charge on any atom is 0.573 e. The minimum Gasteiger partial charge on any atom is -0.481 e. The molecule has 0 unspecified atom stereocenters. The standard InChI is InChI=1S/C22H28F3N3O7S/c1-14(29)27-10-11-28(36(33,34)18-8-6-17(7-9-18)35-22(23,24)25)19(13-27)20(30)26-12-15-2-4-16(5-3-15)21(31)32/h6-9,15-16,19H,2-5,10-13H2,1H3,(H,26,30)(H,31,32)/t15-,16-,19-/m1/s1. The average Bonchev–Trinajstić information content (AvgIpc) is 2.81. The summed E-state index contributed by atoms with van der Waals surface area (Å²) >= 11 is 0. The molecule has 0 aromatic heterocycles. The van der Waals surface area contributed by atoms with Crippen molar-refractivity contribution >= 4 is 27.8 Å². The fraction of sp³-hybridized carbons (Fsp3) is 0.591. The van der Waals surface area contributed by atoms with E-state index >= 15 is 0 Å². The third kappa shape index (κ3) is 6.87. The number of sulfonamides is 1. The molecule has 2 N–H and O–H groups in total. The fourth-order valence-electron chi connectivity index (χ4n) is 4.48. The van der Waals surface area contributed by atoms with Crippen molar-refractivity contribution in [1.82, 2.24) is 14.5 Å². The monoisotopic (exact) mass is 535 g/mol. The van der Waals surface area contributed by atoms with Crippen LogP contribution in [0.5, 0.6) is 5.75 Å². The second kappa shape index (κ2) is 11.0. The van der Waals surface area contributed by atoms with Crippen LogP contribution in [-0.4, -0.2) is 79.1 Å². The molecule has 14 heteroatoms. The van der Waals surface area contributed by atoms with Crippen molar-refractivity contribution < 1.29 is 45.8 Å². The Morgan fingerprint density at radius 3 is 2.22 bits per heavy atom. The van der Waals surface area contributed by atoms with Gasteiger partial charge >= 0.3 is 12.3 Å². The highest BCUT2D eigenvalue weighted by atomic mass is 32.2. The number of piperazine rings is 1. The molecule has 1 aliphatic carbocycles. The molecule has 2 fully saturated rings. The van der Waals surface area contributed by atoms with Crippen molar-refractivity contribution in [1.29, 1.82) is 0 Å². The minimum atomic E-state index is -4.93. The maximum absolute atomic E-state index is 13.3. The number of halogens is 3. The molecule has 1 heterocycles. The normalized spacial score (nSPS) is 23.7. The van der Waals surface area contributed by atoms with Crippen LogP contribution in [0.15, 0.2) is 29.2 Å². The first-order valence-corrected chi connectivity index (χ1v) is 12.9. The second-order valence-electron chi connectivity index (χ2n) is 8.92. The summed E-state index contributed by atoms with van der Waals surface area (Å²) in [4.78, 5) is 37.2. The minimum absolute atomic E-state index is 0.0447. The highest BCUT2D eigenvalue weighted by Crippen LogP contribution is 2.29. The summed E-state index contributed by atoms with van der Waals surface area (Å²) in [7, 11) is -4.29. The van der Waals surface area contributed by atoms with Crippen molar-refractivity contribution in [2.45, 2.75) is 49.9 Å². The zero-order chi connectivity index (χ0) is 26.7. The molecule has 36 heavy (non-hydrogen) atoms. The van der Waals surface area contributed by atoms with E-state index in [1.165, 1.54) is 11.8 Å². The number of carbonyl (C=O) groups excluding carboxylic acids is 2. The molecule has 0 bridgehead atoms. The Morgan fingerprint density at radius 2 is 1.69 bits per heavy atom. The predicted molar refractivity (Wildman–Crippen MR) is 119 cm³/mol. The Bertz CT molecular complexity index is 1070. The lowest BCUT2D eigenvalue weighted by Crippen LogP contribution is -2.61. The van der Waals surface area contributed by atoms with Crippen LogP contribution < -0.4 is 10.1 Å². The number of benzene rings is 1. The van der Waals surface area contributed by atoms with Gasteiger partial charge in [0.1, 0.15) is 11.8 Å². The number of carboxylic acid groups (broad SMARTS) is 1. The Balaban J connectivity index is 1.73. The summed E-state index contributed by atoms with van der Waals surface area (Å²) in [5.74, 6) is -2.73. The molecule has 1 aromatic rings. The molecule has 1 saturated carbocycles. The van der Waals surface area contributed by atoms with Crippen LogP contribution in [0.4, 0.5) is 13.2 Å². The Kier molecular flexibility index (Phi) is 8.49. The molecule has 0 radical (unpaired) electrons.